The number of carbonyl (C=O) groups excluding carboxylic acids is 2. The van der Waals surface area contributed by atoms with E-state index in [0.29, 0.717) is 17.2 Å². The van der Waals surface area contributed by atoms with E-state index >= 15 is 0 Å². The molecule has 0 atom stereocenters. The maximum absolute atomic E-state index is 12.6. The van der Waals surface area contributed by atoms with Gasteiger partial charge in [0.15, 0.2) is 5.13 Å². The third-order valence-electron chi connectivity index (χ3n) is 4.46. The number of benzene rings is 2. The summed E-state index contributed by atoms with van der Waals surface area (Å²) in [6, 6.07) is 11.5. The number of hydrogen-bond donors (Lipinski definition) is 1. The van der Waals surface area contributed by atoms with E-state index in [2.05, 4.69) is 10.3 Å². The van der Waals surface area contributed by atoms with E-state index in [9.17, 15) is 9.59 Å². The summed E-state index contributed by atoms with van der Waals surface area (Å²) < 4.78 is 1.06. The number of anilines is 2. The molecule has 0 aliphatic carbocycles. The Balaban J connectivity index is 1.59. The summed E-state index contributed by atoms with van der Waals surface area (Å²) in [4.78, 5) is 30.4. The van der Waals surface area contributed by atoms with E-state index in [1.165, 1.54) is 11.3 Å². The summed E-state index contributed by atoms with van der Waals surface area (Å²) in [5.74, 6) is -0.151. The Morgan fingerprint density at radius 1 is 1.24 bits per heavy atom. The van der Waals surface area contributed by atoms with Crippen molar-refractivity contribution in [1.29, 1.82) is 0 Å². The second-order valence-electron chi connectivity index (χ2n) is 6.16. The SMILES string of the molecule is CC(=O)N1CCc2cc(C(=O)Nc3nc4c(C)cccc4s3)ccc21. The van der Waals surface area contributed by atoms with Gasteiger partial charge in [-0.3, -0.25) is 14.9 Å². The monoisotopic (exact) mass is 351 g/mol. The lowest BCUT2D eigenvalue weighted by Crippen LogP contribution is -2.25. The van der Waals surface area contributed by atoms with Crippen LogP contribution in [0.25, 0.3) is 10.2 Å². The molecule has 25 heavy (non-hydrogen) atoms. The van der Waals surface area contributed by atoms with Crippen LogP contribution in [0.3, 0.4) is 0 Å². The Kier molecular flexibility index (Phi) is 3.77. The smallest absolute Gasteiger partial charge is 0.257 e. The van der Waals surface area contributed by atoms with Crippen LogP contribution in [0.5, 0.6) is 0 Å². The molecule has 0 radical (unpaired) electrons. The Morgan fingerprint density at radius 3 is 2.84 bits per heavy atom. The summed E-state index contributed by atoms with van der Waals surface area (Å²) in [6.07, 6.45) is 0.774. The zero-order valence-electron chi connectivity index (χ0n) is 14.0. The maximum atomic E-state index is 12.6. The lowest BCUT2D eigenvalue weighted by molar-refractivity contribution is -0.116. The number of nitrogens with one attached hydrogen (secondary N) is 1. The van der Waals surface area contributed by atoms with Gasteiger partial charge in [0, 0.05) is 24.7 Å². The molecule has 2 amide bonds. The van der Waals surface area contributed by atoms with Crippen molar-refractivity contribution < 1.29 is 9.59 Å². The third-order valence-corrected chi connectivity index (χ3v) is 5.39. The minimum Gasteiger partial charge on any atom is -0.312 e. The Labute approximate surface area is 149 Å². The van der Waals surface area contributed by atoms with Gasteiger partial charge in [0.2, 0.25) is 5.91 Å². The van der Waals surface area contributed by atoms with Crippen molar-refractivity contribution in [3.8, 4) is 0 Å². The van der Waals surface area contributed by atoms with E-state index in [1.54, 1.807) is 17.9 Å². The van der Waals surface area contributed by atoms with Gasteiger partial charge in [-0.1, -0.05) is 23.5 Å². The van der Waals surface area contributed by atoms with Crippen molar-refractivity contribution in [2.45, 2.75) is 20.3 Å². The van der Waals surface area contributed by atoms with Crippen LogP contribution in [-0.4, -0.2) is 23.3 Å². The van der Waals surface area contributed by atoms with Gasteiger partial charge in [0.05, 0.1) is 10.2 Å². The molecule has 0 unspecified atom stereocenters. The van der Waals surface area contributed by atoms with Crippen molar-refractivity contribution in [3.63, 3.8) is 0 Å². The summed E-state index contributed by atoms with van der Waals surface area (Å²) in [5, 5.41) is 3.49. The molecule has 0 spiro atoms. The van der Waals surface area contributed by atoms with Crippen LogP contribution < -0.4 is 10.2 Å². The van der Waals surface area contributed by atoms with Gasteiger partial charge >= 0.3 is 0 Å². The maximum Gasteiger partial charge on any atom is 0.257 e. The molecule has 3 aromatic rings. The number of carbonyl (C=O) groups is 2. The second kappa shape index (κ2) is 5.97. The van der Waals surface area contributed by atoms with E-state index in [1.807, 2.05) is 37.3 Å². The van der Waals surface area contributed by atoms with Crippen LogP contribution in [0.15, 0.2) is 36.4 Å². The fourth-order valence-electron chi connectivity index (χ4n) is 3.18. The first kappa shape index (κ1) is 15.8. The summed E-state index contributed by atoms with van der Waals surface area (Å²) in [6.45, 7) is 4.24. The van der Waals surface area contributed by atoms with Gasteiger partial charge in [0.1, 0.15) is 0 Å². The zero-order chi connectivity index (χ0) is 17.6. The van der Waals surface area contributed by atoms with Crippen LogP contribution in [0.2, 0.25) is 0 Å². The highest BCUT2D eigenvalue weighted by atomic mass is 32.1. The standard InChI is InChI=1S/C19H17N3O2S/c1-11-4-3-5-16-17(11)20-19(25-16)21-18(24)14-6-7-15-13(10-14)8-9-22(15)12(2)23/h3-7,10H,8-9H2,1-2H3,(H,20,21,24). The number of thiazole rings is 1. The highest BCUT2D eigenvalue weighted by Crippen LogP contribution is 2.30. The predicted molar refractivity (Wildman–Crippen MR) is 100 cm³/mol. The zero-order valence-corrected chi connectivity index (χ0v) is 14.8. The van der Waals surface area contributed by atoms with Crippen molar-refractivity contribution in [3.05, 3.63) is 53.1 Å². The third kappa shape index (κ3) is 2.78. The van der Waals surface area contributed by atoms with Gasteiger partial charge in [-0.2, -0.15) is 0 Å². The molecule has 1 aromatic heterocycles. The molecule has 4 rings (SSSR count). The normalized spacial score (nSPS) is 13.1. The van der Waals surface area contributed by atoms with E-state index in [-0.39, 0.29) is 11.8 Å². The molecule has 0 saturated carbocycles. The molecule has 6 heteroatoms. The van der Waals surface area contributed by atoms with Crippen LogP contribution in [0.4, 0.5) is 10.8 Å². The van der Waals surface area contributed by atoms with Gasteiger partial charge in [-0.05, 0) is 48.7 Å². The van der Waals surface area contributed by atoms with Gasteiger partial charge in [-0.15, -0.1) is 0 Å². The van der Waals surface area contributed by atoms with E-state index in [0.717, 1.165) is 33.5 Å². The Hall–Kier alpha value is -2.73. The first-order valence-electron chi connectivity index (χ1n) is 8.11. The average molecular weight is 351 g/mol. The molecule has 1 aliphatic rings. The van der Waals surface area contributed by atoms with Crippen molar-refractivity contribution in [1.82, 2.24) is 4.98 Å². The van der Waals surface area contributed by atoms with Crippen LogP contribution in [-0.2, 0) is 11.2 Å². The minimum atomic E-state index is -0.180. The van der Waals surface area contributed by atoms with Crippen LogP contribution >= 0.6 is 11.3 Å². The summed E-state index contributed by atoms with van der Waals surface area (Å²) in [7, 11) is 0. The number of amides is 2. The molecule has 0 fully saturated rings. The van der Waals surface area contributed by atoms with Crippen molar-refractivity contribution >= 4 is 44.2 Å². The fourth-order valence-corrected chi connectivity index (χ4v) is 4.12. The van der Waals surface area contributed by atoms with Crippen LogP contribution in [0, 0.1) is 6.92 Å². The van der Waals surface area contributed by atoms with E-state index in [4.69, 9.17) is 0 Å². The fraction of sp³-hybridized carbons (Fsp3) is 0.211. The first-order valence-corrected chi connectivity index (χ1v) is 8.93. The topological polar surface area (TPSA) is 62.3 Å². The number of hydrogen-bond acceptors (Lipinski definition) is 4. The molecule has 2 aromatic carbocycles. The Morgan fingerprint density at radius 2 is 2.08 bits per heavy atom. The minimum absolute atomic E-state index is 0.0285. The number of aryl methyl sites for hydroxylation is 1. The number of rotatable bonds is 2. The molecule has 0 bridgehead atoms. The number of nitrogens with zero attached hydrogens (tertiary/aromatic N) is 2. The number of para-hydroxylation sites is 1. The van der Waals surface area contributed by atoms with E-state index < -0.39 is 0 Å². The highest BCUT2D eigenvalue weighted by molar-refractivity contribution is 7.22. The lowest BCUT2D eigenvalue weighted by atomic mass is 10.1. The molecule has 126 valence electrons. The molecule has 0 saturated heterocycles. The first-order chi connectivity index (χ1) is 12.0. The molecular formula is C19H17N3O2S. The predicted octanol–water partition coefficient (Wildman–Crippen LogP) is 3.77. The van der Waals surface area contributed by atoms with Crippen LogP contribution in [0.1, 0.15) is 28.4 Å². The molecule has 5 nitrogen and oxygen atoms in total. The lowest BCUT2D eigenvalue weighted by Gasteiger charge is -2.14. The quantitative estimate of drug-likeness (QED) is 0.764. The van der Waals surface area contributed by atoms with Gasteiger partial charge in [-0.25, -0.2) is 4.98 Å². The summed E-state index contributed by atoms with van der Waals surface area (Å²) in [5.41, 5.74) is 4.53. The largest absolute Gasteiger partial charge is 0.312 e. The number of fused-ring (bicyclic) bond motifs is 2. The molecule has 1 aliphatic heterocycles. The second-order valence-corrected chi connectivity index (χ2v) is 7.19. The van der Waals surface area contributed by atoms with Crippen molar-refractivity contribution in [2.24, 2.45) is 0 Å². The van der Waals surface area contributed by atoms with Gasteiger partial charge in [0.25, 0.3) is 5.91 Å². The highest BCUT2D eigenvalue weighted by Gasteiger charge is 2.23. The Bertz CT molecular complexity index is 1010. The molecule has 1 N–H and O–H groups in total. The van der Waals surface area contributed by atoms with Crippen molar-refractivity contribution in [2.75, 3.05) is 16.8 Å². The molecular weight excluding hydrogens is 334 g/mol. The number of aromatic nitrogens is 1. The van der Waals surface area contributed by atoms with Gasteiger partial charge < -0.3 is 4.90 Å². The average Bonchev–Trinajstić information content (AvgIpc) is 3.18. The molecule has 2 heterocycles. The summed E-state index contributed by atoms with van der Waals surface area (Å²) >= 11 is 1.47.